The zero-order valence-electron chi connectivity index (χ0n) is 10.9. The number of nitrogens with zero attached hydrogens (tertiary/aromatic N) is 1. The second-order valence-corrected chi connectivity index (χ2v) is 5.40. The summed E-state index contributed by atoms with van der Waals surface area (Å²) in [5.41, 5.74) is 0. The van der Waals surface area contributed by atoms with E-state index >= 15 is 0 Å². The molecule has 2 saturated heterocycles. The van der Waals surface area contributed by atoms with E-state index in [0.717, 1.165) is 32.1 Å². The molecule has 2 heterocycles. The van der Waals surface area contributed by atoms with Crippen LogP contribution >= 0.6 is 0 Å². The van der Waals surface area contributed by atoms with Gasteiger partial charge in [0.25, 0.3) is 0 Å². The molecule has 0 aliphatic carbocycles. The predicted molar refractivity (Wildman–Crippen MR) is 68.1 cm³/mol. The highest BCUT2D eigenvalue weighted by Gasteiger charge is 2.32. The lowest BCUT2D eigenvalue weighted by Crippen LogP contribution is -2.44. The average Bonchev–Trinajstić information content (AvgIpc) is 2.78. The molecule has 0 aromatic carbocycles. The molecule has 0 aromatic rings. The molecule has 0 spiro atoms. The Labute approximate surface area is 104 Å². The van der Waals surface area contributed by atoms with Crippen molar-refractivity contribution < 1.29 is 9.84 Å². The quantitative estimate of drug-likeness (QED) is 0.735. The first kappa shape index (κ1) is 13.3. The third-order valence-corrected chi connectivity index (χ3v) is 4.15. The van der Waals surface area contributed by atoms with Crippen molar-refractivity contribution in [1.29, 1.82) is 0 Å². The highest BCUT2D eigenvalue weighted by atomic mass is 16.5. The van der Waals surface area contributed by atoms with Gasteiger partial charge in [-0.15, -0.1) is 0 Å². The highest BCUT2D eigenvalue weighted by Crippen LogP contribution is 2.29. The van der Waals surface area contributed by atoms with E-state index in [1.54, 1.807) is 7.11 Å². The summed E-state index contributed by atoms with van der Waals surface area (Å²) in [4.78, 5) is 2.49. The standard InChI is InChI=1S/C13H26N2O2/c1-17-10-12(16)9-15-8-2-3-13(15)11-4-6-14-7-5-11/h11-14,16H,2-10H2,1H3. The van der Waals surface area contributed by atoms with Gasteiger partial charge in [0.1, 0.15) is 0 Å². The Bertz CT molecular complexity index is 219. The average molecular weight is 242 g/mol. The maximum absolute atomic E-state index is 9.85. The van der Waals surface area contributed by atoms with Gasteiger partial charge in [0.2, 0.25) is 0 Å². The lowest BCUT2D eigenvalue weighted by molar-refractivity contribution is 0.0262. The van der Waals surface area contributed by atoms with Crippen molar-refractivity contribution in [3.05, 3.63) is 0 Å². The molecule has 2 aliphatic rings. The van der Waals surface area contributed by atoms with E-state index in [4.69, 9.17) is 4.74 Å². The van der Waals surface area contributed by atoms with E-state index in [1.165, 1.54) is 25.7 Å². The van der Waals surface area contributed by atoms with Gasteiger partial charge in [0, 0.05) is 19.7 Å². The maximum atomic E-state index is 9.85. The van der Waals surface area contributed by atoms with E-state index in [9.17, 15) is 5.11 Å². The summed E-state index contributed by atoms with van der Waals surface area (Å²) in [7, 11) is 1.65. The Hall–Kier alpha value is -0.160. The van der Waals surface area contributed by atoms with Crippen LogP contribution in [0.2, 0.25) is 0 Å². The van der Waals surface area contributed by atoms with Crippen molar-refractivity contribution >= 4 is 0 Å². The number of hydrogen-bond acceptors (Lipinski definition) is 4. The van der Waals surface area contributed by atoms with Crippen LogP contribution in [0.5, 0.6) is 0 Å². The number of nitrogens with one attached hydrogen (secondary N) is 1. The molecule has 100 valence electrons. The van der Waals surface area contributed by atoms with Crippen LogP contribution in [0.15, 0.2) is 0 Å². The monoisotopic (exact) mass is 242 g/mol. The zero-order chi connectivity index (χ0) is 12.1. The van der Waals surface area contributed by atoms with Gasteiger partial charge < -0.3 is 15.2 Å². The Kier molecular flexibility index (Phi) is 5.22. The molecular weight excluding hydrogens is 216 g/mol. The van der Waals surface area contributed by atoms with Crippen molar-refractivity contribution in [3.8, 4) is 0 Å². The first-order chi connectivity index (χ1) is 8.31. The van der Waals surface area contributed by atoms with Gasteiger partial charge >= 0.3 is 0 Å². The fourth-order valence-corrected chi connectivity index (χ4v) is 3.36. The maximum Gasteiger partial charge on any atom is 0.0900 e. The molecule has 2 N–H and O–H groups in total. The summed E-state index contributed by atoms with van der Waals surface area (Å²) in [5, 5.41) is 13.3. The molecule has 2 unspecified atom stereocenters. The molecule has 0 aromatic heterocycles. The summed E-state index contributed by atoms with van der Waals surface area (Å²) in [6.07, 6.45) is 4.85. The molecule has 2 rings (SSSR count). The Morgan fingerprint density at radius 3 is 2.82 bits per heavy atom. The molecule has 0 saturated carbocycles. The first-order valence-electron chi connectivity index (χ1n) is 6.93. The number of methoxy groups -OCH3 is 1. The highest BCUT2D eigenvalue weighted by molar-refractivity contribution is 4.88. The smallest absolute Gasteiger partial charge is 0.0900 e. The van der Waals surface area contributed by atoms with Gasteiger partial charge in [-0.25, -0.2) is 0 Å². The number of β-amino-alcohol motifs (C(OH)–C–C–N with tert-alkyl or cyclic N) is 1. The van der Waals surface area contributed by atoms with Crippen LogP contribution < -0.4 is 5.32 Å². The predicted octanol–water partition coefficient (Wildman–Crippen LogP) is 0.458. The van der Waals surface area contributed by atoms with E-state index < -0.39 is 0 Å². The summed E-state index contributed by atoms with van der Waals surface area (Å²) < 4.78 is 5.01. The molecule has 0 bridgehead atoms. The summed E-state index contributed by atoms with van der Waals surface area (Å²) >= 11 is 0. The third-order valence-electron chi connectivity index (χ3n) is 4.15. The Morgan fingerprint density at radius 2 is 2.12 bits per heavy atom. The molecule has 4 nitrogen and oxygen atoms in total. The molecular formula is C13H26N2O2. The normalized spacial score (nSPS) is 29.6. The van der Waals surface area contributed by atoms with Crippen LogP contribution in [0.3, 0.4) is 0 Å². The number of piperidine rings is 1. The number of ether oxygens (including phenoxy) is 1. The van der Waals surface area contributed by atoms with Gasteiger partial charge in [-0.05, 0) is 51.2 Å². The SMILES string of the molecule is COCC(O)CN1CCCC1C1CCNCC1. The molecule has 0 radical (unpaired) electrons. The lowest BCUT2D eigenvalue weighted by atomic mass is 9.88. The number of aliphatic hydroxyl groups is 1. The van der Waals surface area contributed by atoms with E-state index in [0.29, 0.717) is 12.6 Å². The van der Waals surface area contributed by atoms with Gasteiger partial charge in [-0.2, -0.15) is 0 Å². The zero-order valence-corrected chi connectivity index (χ0v) is 10.9. The fraction of sp³-hybridized carbons (Fsp3) is 1.00. The first-order valence-corrected chi connectivity index (χ1v) is 6.93. The number of rotatable bonds is 5. The van der Waals surface area contributed by atoms with Gasteiger partial charge in [-0.1, -0.05) is 0 Å². The van der Waals surface area contributed by atoms with Crippen LogP contribution in [0.25, 0.3) is 0 Å². The third kappa shape index (κ3) is 3.65. The molecule has 2 atom stereocenters. The van der Waals surface area contributed by atoms with Gasteiger partial charge in [0.05, 0.1) is 12.7 Å². The fourth-order valence-electron chi connectivity index (χ4n) is 3.36. The van der Waals surface area contributed by atoms with Crippen molar-refractivity contribution in [1.82, 2.24) is 10.2 Å². The molecule has 2 aliphatic heterocycles. The minimum atomic E-state index is -0.331. The summed E-state index contributed by atoms with van der Waals surface area (Å²) in [6, 6.07) is 0.698. The Morgan fingerprint density at radius 1 is 1.35 bits per heavy atom. The van der Waals surface area contributed by atoms with Crippen LogP contribution in [-0.2, 0) is 4.74 Å². The second-order valence-electron chi connectivity index (χ2n) is 5.40. The van der Waals surface area contributed by atoms with Crippen molar-refractivity contribution in [2.24, 2.45) is 5.92 Å². The minimum absolute atomic E-state index is 0.331. The van der Waals surface area contributed by atoms with Crippen molar-refractivity contribution in [2.75, 3.05) is 39.9 Å². The van der Waals surface area contributed by atoms with Crippen LogP contribution in [0.4, 0.5) is 0 Å². The minimum Gasteiger partial charge on any atom is -0.389 e. The summed E-state index contributed by atoms with van der Waals surface area (Å²) in [6.45, 7) is 4.71. The molecule has 0 amide bonds. The number of aliphatic hydroxyl groups excluding tert-OH is 1. The largest absolute Gasteiger partial charge is 0.389 e. The van der Waals surface area contributed by atoms with E-state index in [1.807, 2.05) is 0 Å². The van der Waals surface area contributed by atoms with Gasteiger partial charge in [-0.3, -0.25) is 4.90 Å². The molecule has 4 heteroatoms. The number of likely N-dealkylation sites (tertiary alicyclic amines) is 1. The van der Waals surface area contributed by atoms with Gasteiger partial charge in [0.15, 0.2) is 0 Å². The van der Waals surface area contributed by atoms with Crippen LogP contribution in [-0.4, -0.2) is 62.0 Å². The Balaban J connectivity index is 1.83. The van der Waals surface area contributed by atoms with Crippen LogP contribution in [0, 0.1) is 5.92 Å². The van der Waals surface area contributed by atoms with E-state index in [2.05, 4.69) is 10.2 Å². The lowest BCUT2D eigenvalue weighted by Gasteiger charge is -2.35. The number of hydrogen-bond donors (Lipinski definition) is 2. The molecule has 17 heavy (non-hydrogen) atoms. The molecule has 2 fully saturated rings. The van der Waals surface area contributed by atoms with Crippen molar-refractivity contribution in [3.63, 3.8) is 0 Å². The van der Waals surface area contributed by atoms with E-state index in [-0.39, 0.29) is 6.10 Å². The van der Waals surface area contributed by atoms with Crippen molar-refractivity contribution in [2.45, 2.75) is 37.8 Å². The van der Waals surface area contributed by atoms with Crippen LogP contribution in [0.1, 0.15) is 25.7 Å². The summed E-state index contributed by atoms with van der Waals surface area (Å²) in [5.74, 6) is 0.827. The topological polar surface area (TPSA) is 44.7 Å². The second kappa shape index (κ2) is 6.69.